The van der Waals surface area contributed by atoms with Crippen molar-refractivity contribution >= 4 is 5.91 Å². The van der Waals surface area contributed by atoms with Crippen LogP contribution in [0.2, 0.25) is 0 Å². The van der Waals surface area contributed by atoms with Crippen LogP contribution in [0.3, 0.4) is 0 Å². The molecule has 1 unspecified atom stereocenters. The van der Waals surface area contributed by atoms with Crippen molar-refractivity contribution < 1.29 is 4.79 Å². The lowest BCUT2D eigenvalue weighted by Crippen LogP contribution is -2.41. The molecule has 148 valence electrons. The van der Waals surface area contributed by atoms with Crippen molar-refractivity contribution in [2.75, 3.05) is 32.7 Å². The van der Waals surface area contributed by atoms with E-state index in [2.05, 4.69) is 40.2 Å². The first-order chi connectivity index (χ1) is 13.7. The Balaban J connectivity index is 1.24. The quantitative estimate of drug-likeness (QED) is 0.795. The average Bonchev–Trinajstić information content (AvgIpc) is 3.22. The first kappa shape index (κ1) is 19.1. The number of amides is 1. The molecule has 3 heterocycles. The van der Waals surface area contributed by atoms with Crippen LogP contribution >= 0.6 is 0 Å². The lowest BCUT2D eigenvalue weighted by Gasteiger charge is -2.35. The third kappa shape index (κ3) is 4.44. The van der Waals surface area contributed by atoms with E-state index in [4.69, 9.17) is 0 Å². The number of aryl methyl sites for hydroxylation is 1. The molecule has 4 heteroatoms. The van der Waals surface area contributed by atoms with E-state index >= 15 is 0 Å². The van der Waals surface area contributed by atoms with Crippen LogP contribution < -0.4 is 0 Å². The van der Waals surface area contributed by atoms with Gasteiger partial charge in [0, 0.05) is 32.4 Å². The van der Waals surface area contributed by atoms with Gasteiger partial charge in [0.25, 0.3) is 5.91 Å². The summed E-state index contributed by atoms with van der Waals surface area (Å²) in [5.41, 5.74) is 3.02. The number of hydrogen-bond donors (Lipinski definition) is 0. The van der Waals surface area contributed by atoms with Crippen LogP contribution in [0.4, 0.5) is 0 Å². The van der Waals surface area contributed by atoms with Gasteiger partial charge in [-0.1, -0.05) is 36.4 Å². The highest BCUT2D eigenvalue weighted by atomic mass is 16.2. The van der Waals surface area contributed by atoms with Crippen molar-refractivity contribution in [2.45, 2.75) is 32.6 Å². The van der Waals surface area contributed by atoms with Crippen LogP contribution in [0.5, 0.6) is 0 Å². The topological polar surface area (TPSA) is 36.4 Å². The third-order valence-corrected chi connectivity index (χ3v) is 6.57. The van der Waals surface area contributed by atoms with Gasteiger partial charge in [-0.25, -0.2) is 0 Å². The summed E-state index contributed by atoms with van der Waals surface area (Å²) < 4.78 is 0. The molecule has 0 saturated carbocycles. The van der Waals surface area contributed by atoms with Gasteiger partial charge in [0.15, 0.2) is 0 Å². The zero-order chi connectivity index (χ0) is 19.3. The Labute approximate surface area is 168 Å². The van der Waals surface area contributed by atoms with Crippen LogP contribution in [0, 0.1) is 18.8 Å². The van der Waals surface area contributed by atoms with Crippen LogP contribution in [0.25, 0.3) is 0 Å². The zero-order valence-corrected chi connectivity index (χ0v) is 16.9. The fourth-order valence-electron chi connectivity index (χ4n) is 4.82. The van der Waals surface area contributed by atoms with Gasteiger partial charge in [-0.05, 0) is 68.2 Å². The molecule has 4 nitrogen and oxygen atoms in total. The Morgan fingerprint density at radius 1 is 1.00 bits per heavy atom. The lowest BCUT2D eigenvalue weighted by atomic mass is 9.83. The molecule has 0 radical (unpaired) electrons. The number of rotatable bonds is 5. The molecule has 2 aliphatic rings. The molecule has 0 spiro atoms. The maximum atomic E-state index is 12.8. The smallest absolute Gasteiger partial charge is 0.272 e. The summed E-state index contributed by atoms with van der Waals surface area (Å²) in [6.07, 6.45) is 6.44. The minimum absolute atomic E-state index is 0.104. The van der Waals surface area contributed by atoms with Gasteiger partial charge in [0.05, 0.1) is 0 Å². The predicted octanol–water partition coefficient (Wildman–Crippen LogP) is 3.81. The second kappa shape index (κ2) is 8.87. The number of likely N-dealkylation sites (tertiary alicyclic amines) is 2. The fourth-order valence-corrected chi connectivity index (χ4v) is 4.82. The summed E-state index contributed by atoms with van der Waals surface area (Å²) in [6, 6.07) is 14.7. The van der Waals surface area contributed by atoms with Crippen molar-refractivity contribution in [1.82, 2.24) is 14.8 Å². The number of piperidine rings is 1. The van der Waals surface area contributed by atoms with Crippen LogP contribution in [-0.4, -0.2) is 53.4 Å². The van der Waals surface area contributed by atoms with Gasteiger partial charge < -0.3 is 9.80 Å². The number of carbonyl (C=O) groups is 1. The number of carbonyl (C=O) groups excluding carboxylic acids is 1. The summed E-state index contributed by atoms with van der Waals surface area (Å²) >= 11 is 0. The maximum Gasteiger partial charge on any atom is 0.272 e. The summed E-state index contributed by atoms with van der Waals surface area (Å²) in [7, 11) is 0. The molecule has 0 aliphatic carbocycles. The molecule has 2 aromatic rings. The Morgan fingerprint density at radius 2 is 1.75 bits per heavy atom. The standard InChI is InChI=1S/C24H31N3O/c1-19-6-5-13-25-23(19)24(28)27-16-11-21(12-17-27)22-10-15-26(18-22)14-9-20-7-3-2-4-8-20/h2-8,13,21-22H,9-12,14-18H2,1H3. The minimum Gasteiger partial charge on any atom is -0.337 e. The molecule has 4 rings (SSSR count). The fraction of sp³-hybridized carbons (Fsp3) is 0.500. The van der Waals surface area contributed by atoms with Crippen molar-refractivity contribution in [2.24, 2.45) is 11.8 Å². The van der Waals surface area contributed by atoms with Crippen molar-refractivity contribution in [1.29, 1.82) is 0 Å². The molecule has 28 heavy (non-hydrogen) atoms. The molecule has 2 aliphatic heterocycles. The largest absolute Gasteiger partial charge is 0.337 e. The van der Waals surface area contributed by atoms with Crippen molar-refractivity contribution in [3.63, 3.8) is 0 Å². The highest BCUT2D eigenvalue weighted by Gasteiger charge is 2.33. The predicted molar refractivity (Wildman–Crippen MR) is 112 cm³/mol. The van der Waals surface area contributed by atoms with Crippen LogP contribution in [0.15, 0.2) is 48.7 Å². The molecule has 1 aromatic heterocycles. The summed E-state index contributed by atoms with van der Waals surface area (Å²) in [5, 5.41) is 0. The second-order valence-corrected chi connectivity index (χ2v) is 8.38. The van der Waals surface area contributed by atoms with E-state index in [-0.39, 0.29) is 5.91 Å². The third-order valence-electron chi connectivity index (χ3n) is 6.57. The number of hydrogen-bond acceptors (Lipinski definition) is 3. The first-order valence-corrected chi connectivity index (χ1v) is 10.7. The number of aromatic nitrogens is 1. The first-order valence-electron chi connectivity index (χ1n) is 10.7. The number of pyridine rings is 1. The lowest BCUT2D eigenvalue weighted by molar-refractivity contribution is 0.0652. The number of nitrogens with zero attached hydrogens (tertiary/aromatic N) is 3. The summed E-state index contributed by atoms with van der Waals surface area (Å²) in [6.45, 7) is 7.33. The normalized spacial score (nSPS) is 21.2. The van der Waals surface area contributed by atoms with Gasteiger partial charge in [-0.2, -0.15) is 0 Å². The minimum atomic E-state index is 0.104. The zero-order valence-electron chi connectivity index (χ0n) is 16.9. The second-order valence-electron chi connectivity index (χ2n) is 8.38. The molecule has 2 saturated heterocycles. The Hall–Kier alpha value is -2.20. The molecule has 0 bridgehead atoms. The summed E-state index contributed by atoms with van der Waals surface area (Å²) in [4.78, 5) is 21.7. The SMILES string of the molecule is Cc1cccnc1C(=O)N1CCC(C2CCN(CCc3ccccc3)C2)CC1. The van der Waals surface area contributed by atoms with Gasteiger partial charge in [0.1, 0.15) is 5.69 Å². The van der Waals surface area contributed by atoms with Crippen molar-refractivity contribution in [3.8, 4) is 0 Å². The van der Waals surface area contributed by atoms with E-state index in [0.717, 1.165) is 56.3 Å². The summed E-state index contributed by atoms with van der Waals surface area (Å²) in [5.74, 6) is 1.66. The Bertz CT molecular complexity index is 783. The molecule has 1 amide bonds. The van der Waals surface area contributed by atoms with Gasteiger partial charge in [-0.3, -0.25) is 9.78 Å². The highest BCUT2D eigenvalue weighted by Crippen LogP contribution is 2.32. The van der Waals surface area contributed by atoms with E-state index in [1.807, 2.05) is 24.0 Å². The van der Waals surface area contributed by atoms with Gasteiger partial charge in [-0.15, -0.1) is 0 Å². The van der Waals surface area contributed by atoms with Crippen LogP contribution in [-0.2, 0) is 6.42 Å². The maximum absolute atomic E-state index is 12.8. The van der Waals surface area contributed by atoms with E-state index in [0.29, 0.717) is 5.69 Å². The van der Waals surface area contributed by atoms with Crippen molar-refractivity contribution in [3.05, 3.63) is 65.5 Å². The van der Waals surface area contributed by atoms with Gasteiger partial charge in [0.2, 0.25) is 0 Å². The molecular formula is C24H31N3O. The average molecular weight is 378 g/mol. The molecule has 1 aromatic carbocycles. The molecule has 0 N–H and O–H groups in total. The monoisotopic (exact) mass is 377 g/mol. The van der Waals surface area contributed by atoms with E-state index in [9.17, 15) is 4.79 Å². The van der Waals surface area contributed by atoms with E-state index < -0.39 is 0 Å². The van der Waals surface area contributed by atoms with Crippen LogP contribution in [0.1, 0.15) is 40.9 Å². The number of benzene rings is 1. The van der Waals surface area contributed by atoms with Gasteiger partial charge >= 0.3 is 0 Å². The Morgan fingerprint density at radius 3 is 2.50 bits per heavy atom. The molecule has 2 fully saturated rings. The molecule has 1 atom stereocenters. The molecular weight excluding hydrogens is 346 g/mol. The van der Waals surface area contributed by atoms with E-state index in [1.165, 1.54) is 25.1 Å². The highest BCUT2D eigenvalue weighted by molar-refractivity contribution is 5.93. The Kier molecular flexibility index (Phi) is 6.06. The van der Waals surface area contributed by atoms with E-state index in [1.54, 1.807) is 6.20 Å².